The Balaban J connectivity index is 1.58. The predicted molar refractivity (Wildman–Crippen MR) is 174 cm³/mol. The molecule has 0 aliphatic carbocycles. The summed E-state index contributed by atoms with van der Waals surface area (Å²) < 4.78 is 51.3. The van der Waals surface area contributed by atoms with Crippen molar-refractivity contribution in [1.82, 2.24) is 0 Å². The summed E-state index contributed by atoms with van der Waals surface area (Å²) >= 11 is 1.84. The molecular formula is C32H50F2O4P2S. The molecule has 0 aliphatic heterocycles. The third-order valence-electron chi connectivity index (χ3n) is 6.65. The van der Waals surface area contributed by atoms with E-state index >= 15 is 0 Å². The van der Waals surface area contributed by atoms with Crippen LogP contribution in [0.15, 0.2) is 36.4 Å². The molecule has 2 aromatic rings. The molecule has 41 heavy (non-hydrogen) atoms. The van der Waals surface area contributed by atoms with Gasteiger partial charge in [0.1, 0.15) is 11.5 Å². The lowest BCUT2D eigenvalue weighted by atomic mass is 9.85. The Labute approximate surface area is 254 Å². The third kappa shape index (κ3) is 12.7. The van der Waals surface area contributed by atoms with Crippen LogP contribution in [-0.4, -0.2) is 24.7 Å². The van der Waals surface area contributed by atoms with Crippen molar-refractivity contribution >= 4 is 29.1 Å². The van der Waals surface area contributed by atoms with Crippen LogP contribution in [0.5, 0.6) is 11.5 Å². The minimum Gasteiger partial charge on any atom is -0.423 e. The van der Waals surface area contributed by atoms with E-state index in [4.69, 9.17) is 18.1 Å². The minimum absolute atomic E-state index is 0.140. The molecule has 2 aromatic carbocycles. The highest BCUT2D eigenvalue weighted by Gasteiger charge is 2.25. The topological polar surface area (TPSA) is 36.9 Å². The molecule has 0 saturated carbocycles. The molecule has 0 amide bonds. The average molecular weight is 631 g/mol. The van der Waals surface area contributed by atoms with Crippen LogP contribution in [0.4, 0.5) is 8.39 Å². The van der Waals surface area contributed by atoms with Gasteiger partial charge in [0.15, 0.2) is 0 Å². The van der Waals surface area contributed by atoms with E-state index in [-0.39, 0.29) is 10.8 Å². The molecule has 2 atom stereocenters. The fourth-order valence-corrected chi connectivity index (χ4v) is 6.70. The molecule has 0 aliphatic rings. The van der Waals surface area contributed by atoms with E-state index in [1.165, 1.54) is 0 Å². The molecule has 2 unspecified atom stereocenters. The smallest absolute Gasteiger partial charge is 0.423 e. The number of hydrogen-bond donors (Lipinski definition) is 0. The first kappa shape index (κ1) is 36.2. The van der Waals surface area contributed by atoms with Crippen molar-refractivity contribution < 1.29 is 26.5 Å². The van der Waals surface area contributed by atoms with Gasteiger partial charge >= 0.3 is 17.4 Å². The van der Waals surface area contributed by atoms with Crippen LogP contribution < -0.4 is 9.05 Å². The summed E-state index contributed by atoms with van der Waals surface area (Å²) in [7, 11) is -4.94. The Morgan fingerprint density at radius 1 is 0.634 bits per heavy atom. The molecule has 232 valence electrons. The van der Waals surface area contributed by atoms with Crippen LogP contribution in [0.3, 0.4) is 0 Å². The summed E-state index contributed by atoms with van der Waals surface area (Å²) in [5.74, 6) is 3.21. The van der Waals surface area contributed by atoms with E-state index in [9.17, 15) is 8.39 Å². The molecule has 0 fully saturated rings. The highest BCUT2D eigenvalue weighted by molar-refractivity contribution is 7.99. The maximum absolute atomic E-state index is 14.6. The van der Waals surface area contributed by atoms with Crippen LogP contribution >= 0.6 is 29.1 Å². The maximum atomic E-state index is 14.6. The van der Waals surface area contributed by atoms with Gasteiger partial charge in [0.05, 0.1) is 13.2 Å². The number of halogens is 2. The Morgan fingerprint density at radius 3 is 1.37 bits per heavy atom. The molecule has 0 heterocycles. The molecule has 0 N–H and O–H groups in total. The van der Waals surface area contributed by atoms with Gasteiger partial charge in [0, 0.05) is 11.1 Å². The Kier molecular flexibility index (Phi) is 15.9. The van der Waals surface area contributed by atoms with E-state index in [1.54, 1.807) is 0 Å². The molecular weight excluding hydrogens is 580 g/mol. The van der Waals surface area contributed by atoms with Crippen LogP contribution in [0.1, 0.15) is 103 Å². The quantitative estimate of drug-likeness (QED) is 0.121. The van der Waals surface area contributed by atoms with Crippen molar-refractivity contribution in [2.24, 2.45) is 0 Å². The zero-order chi connectivity index (χ0) is 30.5. The number of unbranched alkanes of at least 4 members (excludes halogenated alkanes) is 2. The van der Waals surface area contributed by atoms with E-state index in [0.717, 1.165) is 72.3 Å². The van der Waals surface area contributed by atoms with Gasteiger partial charge in [0.2, 0.25) is 0 Å². The molecule has 0 radical (unpaired) electrons. The van der Waals surface area contributed by atoms with Gasteiger partial charge in [-0.2, -0.15) is 11.8 Å². The first-order valence-corrected chi connectivity index (χ1v) is 18.0. The predicted octanol–water partition coefficient (Wildman–Crippen LogP) is 11.6. The van der Waals surface area contributed by atoms with Crippen molar-refractivity contribution in [3.8, 4) is 11.5 Å². The summed E-state index contributed by atoms with van der Waals surface area (Å²) in [4.78, 5) is 0. The van der Waals surface area contributed by atoms with Crippen LogP contribution in [0, 0.1) is 0 Å². The van der Waals surface area contributed by atoms with Gasteiger partial charge in [-0.1, -0.05) is 91.8 Å². The molecule has 0 bridgehead atoms. The first-order chi connectivity index (χ1) is 19.4. The number of hydrogen-bond acceptors (Lipinski definition) is 5. The standard InChI is InChI=1S/C32H50F2O4P2S/c1-9-25-17-15-19-27(31(3,4)5)29(25)37-39(33)35-21-11-13-23-41-24-14-12-22-36-40(34)38-30-26(10-2)18-16-20-28(30)32(6,7)8/h15-20H,9-14,21-24H2,1-8H3. The van der Waals surface area contributed by atoms with Gasteiger partial charge in [-0.15, -0.1) is 8.39 Å². The highest BCUT2D eigenvalue weighted by Crippen LogP contribution is 2.47. The van der Waals surface area contributed by atoms with E-state index in [0.29, 0.717) is 24.7 Å². The van der Waals surface area contributed by atoms with Crippen LogP contribution in [0.25, 0.3) is 0 Å². The van der Waals surface area contributed by atoms with Gasteiger partial charge in [-0.05, 0) is 72.0 Å². The fraction of sp³-hybridized carbons (Fsp3) is 0.625. The van der Waals surface area contributed by atoms with Crippen LogP contribution in [0.2, 0.25) is 0 Å². The lowest BCUT2D eigenvalue weighted by molar-refractivity contribution is 0.280. The van der Waals surface area contributed by atoms with Gasteiger partial charge in [0.25, 0.3) is 0 Å². The molecule has 0 saturated heterocycles. The van der Waals surface area contributed by atoms with E-state index in [2.05, 4.69) is 41.5 Å². The largest absolute Gasteiger partial charge is 0.439 e. The highest BCUT2D eigenvalue weighted by atomic mass is 32.2. The Hall–Kier alpha value is -0.970. The first-order valence-electron chi connectivity index (χ1n) is 14.7. The molecule has 9 heteroatoms. The number of para-hydroxylation sites is 2. The number of thioether (sulfide) groups is 1. The second-order valence-corrected chi connectivity index (χ2v) is 15.1. The number of aryl methyl sites for hydroxylation is 2. The fourth-order valence-electron chi connectivity index (χ4n) is 4.31. The normalized spacial score (nSPS) is 13.7. The lowest BCUT2D eigenvalue weighted by Gasteiger charge is -2.25. The van der Waals surface area contributed by atoms with Crippen molar-refractivity contribution in [3.05, 3.63) is 58.7 Å². The minimum atomic E-state index is -2.47. The summed E-state index contributed by atoms with van der Waals surface area (Å²) in [6, 6.07) is 12.0. The summed E-state index contributed by atoms with van der Waals surface area (Å²) in [5.41, 5.74) is 3.72. The zero-order valence-corrected chi connectivity index (χ0v) is 28.8. The van der Waals surface area contributed by atoms with Crippen molar-refractivity contribution in [2.45, 2.75) is 105 Å². The third-order valence-corrected chi connectivity index (χ3v) is 9.23. The summed E-state index contributed by atoms with van der Waals surface area (Å²) in [5, 5.41) is 0. The summed E-state index contributed by atoms with van der Waals surface area (Å²) in [6.07, 6.45) is 5.01. The lowest BCUT2D eigenvalue weighted by Crippen LogP contribution is -2.13. The Bertz CT molecular complexity index is 962. The number of rotatable bonds is 18. The van der Waals surface area contributed by atoms with E-state index in [1.807, 2.05) is 62.0 Å². The van der Waals surface area contributed by atoms with Crippen molar-refractivity contribution in [1.29, 1.82) is 0 Å². The molecule has 0 spiro atoms. The van der Waals surface area contributed by atoms with Gasteiger partial charge in [-0.3, -0.25) is 9.05 Å². The van der Waals surface area contributed by atoms with Gasteiger partial charge < -0.3 is 9.05 Å². The zero-order valence-electron chi connectivity index (χ0n) is 26.2. The molecule has 2 rings (SSSR count). The average Bonchev–Trinajstić information content (AvgIpc) is 2.90. The SMILES string of the molecule is CCc1cccc(C(C)(C)C)c1OP(F)OCCCCSCCCCOP(F)Oc1c(CC)cccc1C(C)(C)C. The molecule has 4 nitrogen and oxygen atoms in total. The van der Waals surface area contributed by atoms with Crippen LogP contribution in [-0.2, 0) is 32.7 Å². The van der Waals surface area contributed by atoms with Crippen molar-refractivity contribution in [2.75, 3.05) is 24.7 Å². The monoisotopic (exact) mass is 630 g/mol. The number of benzene rings is 2. The molecule has 0 aromatic heterocycles. The second kappa shape index (κ2) is 18.0. The summed E-state index contributed by atoms with van der Waals surface area (Å²) in [6.45, 7) is 17.4. The van der Waals surface area contributed by atoms with Crippen molar-refractivity contribution in [3.63, 3.8) is 0 Å². The Morgan fingerprint density at radius 2 is 1.02 bits per heavy atom. The maximum Gasteiger partial charge on any atom is 0.439 e. The second-order valence-electron chi connectivity index (χ2n) is 12.1. The van der Waals surface area contributed by atoms with E-state index < -0.39 is 17.4 Å². The van der Waals surface area contributed by atoms with Gasteiger partial charge in [-0.25, -0.2) is 0 Å².